The summed E-state index contributed by atoms with van der Waals surface area (Å²) in [5.41, 5.74) is 14.1. The maximum absolute atomic E-state index is 9.28. The summed E-state index contributed by atoms with van der Waals surface area (Å²) in [5.74, 6) is 0.178. The Labute approximate surface area is 136 Å². The third kappa shape index (κ3) is 3.69. The summed E-state index contributed by atoms with van der Waals surface area (Å²) in [4.78, 5) is 10.4. The minimum atomic E-state index is 0.0687. The van der Waals surface area contributed by atoms with E-state index in [1.807, 2.05) is 24.3 Å². The summed E-state index contributed by atoms with van der Waals surface area (Å²) in [7, 11) is 0. The molecule has 2 rings (SSSR count). The van der Waals surface area contributed by atoms with Crippen molar-refractivity contribution in [2.45, 2.75) is 26.7 Å². The van der Waals surface area contributed by atoms with Crippen molar-refractivity contribution in [2.75, 3.05) is 29.5 Å². The van der Waals surface area contributed by atoms with Crippen LogP contribution in [0.5, 0.6) is 0 Å². The van der Waals surface area contributed by atoms with Crippen molar-refractivity contribution in [3.8, 4) is 17.3 Å². The van der Waals surface area contributed by atoms with Crippen LogP contribution in [0.1, 0.15) is 32.3 Å². The van der Waals surface area contributed by atoms with Crippen molar-refractivity contribution in [1.82, 2.24) is 9.97 Å². The van der Waals surface area contributed by atoms with Gasteiger partial charge in [0.05, 0.1) is 5.69 Å². The molecule has 0 aliphatic carbocycles. The van der Waals surface area contributed by atoms with Gasteiger partial charge in [-0.15, -0.1) is 0 Å². The molecule has 6 heteroatoms. The number of nitrogens with zero attached hydrogens (tertiary/aromatic N) is 4. The minimum absolute atomic E-state index is 0.0687. The average Bonchev–Trinajstić information content (AvgIpc) is 2.54. The van der Waals surface area contributed by atoms with Crippen LogP contribution in [0.25, 0.3) is 11.3 Å². The van der Waals surface area contributed by atoms with E-state index in [1.54, 1.807) is 0 Å². The third-order valence-corrected chi connectivity index (χ3v) is 3.56. The van der Waals surface area contributed by atoms with Crippen molar-refractivity contribution < 1.29 is 0 Å². The molecule has 1 heterocycles. The average molecular weight is 310 g/mol. The summed E-state index contributed by atoms with van der Waals surface area (Å²) in [6.45, 7) is 6.37. The van der Waals surface area contributed by atoms with Crippen LogP contribution in [0.2, 0.25) is 0 Å². The van der Waals surface area contributed by atoms with Crippen LogP contribution < -0.4 is 16.4 Å². The van der Waals surface area contributed by atoms with Crippen LogP contribution in [-0.4, -0.2) is 23.1 Å². The number of benzene rings is 1. The highest BCUT2D eigenvalue weighted by Gasteiger charge is 2.13. The zero-order chi connectivity index (χ0) is 16.8. The number of anilines is 3. The Balaban J connectivity index is 2.39. The zero-order valence-corrected chi connectivity index (χ0v) is 13.6. The Kier molecular flexibility index (Phi) is 5.36. The van der Waals surface area contributed by atoms with Gasteiger partial charge in [0.1, 0.15) is 17.5 Å². The molecular formula is C17H22N6. The fourth-order valence-corrected chi connectivity index (χ4v) is 2.56. The molecule has 0 amide bonds. The van der Waals surface area contributed by atoms with E-state index in [4.69, 9.17) is 11.5 Å². The summed E-state index contributed by atoms with van der Waals surface area (Å²) in [6.07, 6.45) is 2.19. The molecule has 0 fully saturated rings. The smallest absolute Gasteiger partial charge is 0.222 e. The lowest BCUT2D eigenvalue weighted by molar-refractivity contribution is 0.745. The second kappa shape index (κ2) is 7.45. The van der Waals surface area contributed by atoms with Crippen LogP contribution >= 0.6 is 0 Å². The minimum Gasteiger partial charge on any atom is -0.382 e. The van der Waals surface area contributed by atoms with Gasteiger partial charge in [-0.1, -0.05) is 26.0 Å². The van der Waals surface area contributed by atoms with E-state index in [0.717, 1.165) is 37.2 Å². The summed E-state index contributed by atoms with van der Waals surface area (Å²) in [5, 5.41) is 9.28. The molecule has 2 aromatic rings. The first kappa shape index (κ1) is 16.6. The largest absolute Gasteiger partial charge is 0.382 e. The van der Waals surface area contributed by atoms with E-state index < -0.39 is 0 Å². The van der Waals surface area contributed by atoms with Crippen LogP contribution in [0, 0.1) is 11.3 Å². The lowest BCUT2D eigenvalue weighted by Gasteiger charge is -2.24. The Morgan fingerprint density at radius 2 is 1.65 bits per heavy atom. The van der Waals surface area contributed by atoms with E-state index in [9.17, 15) is 5.26 Å². The molecule has 0 bridgehead atoms. The van der Waals surface area contributed by atoms with Gasteiger partial charge in [-0.3, -0.25) is 0 Å². The first-order valence-corrected chi connectivity index (χ1v) is 7.79. The summed E-state index contributed by atoms with van der Waals surface area (Å²) in [6, 6.07) is 10.0. The highest BCUT2D eigenvalue weighted by atomic mass is 15.1. The predicted molar refractivity (Wildman–Crippen MR) is 93.8 cm³/mol. The Morgan fingerprint density at radius 1 is 1.04 bits per heavy atom. The van der Waals surface area contributed by atoms with E-state index in [-0.39, 0.29) is 17.3 Å². The summed E-state index contributed by atoms with van der Waals surface area (Å²) < 4.78 is 0. The normalized spacial score (nSPS) is 10.3. The highest BCUT2D eigenvalue weighted by molar-refractivity contribution is 5.74. The van der Waals surface area contributed by atoms with Gasteiger partial charge in [0.25, 0.3) is 0 Å². The van der Waals surface area contributed by atoms with Gasteiger partial charge >= 0.3 is 0 Å². The zero-order valence-electron chi connectivity index (χ0n) is 13.6. The Morgan fingerprint density at radius 3 is 2.17 bits per heavy atom. The molecule has 1 aromatic carbocycles. The number of nitriles is 1. The predicted octanol–water partition coefficient (Wildman–Crippen LogP) is 2.81. The number of nitrogen functional groups attached to an aromatic ring is 2. The van der Waals surface area contributed by atoms with Crippen molar-refractivity contribution >= 4 is 17.5 Å². The number of hydrogen-bond donors (Lipinski definition) is 2. The highest BCUT2D eigenvalue weighted by Crippen LogP contribution is 2.27. The third-order valence-electron chi connectivity index (χ3n) is 3.56. The van der Waals surface area contributed by atoms with Gasteiger partial charge < -0.3 is 16.4 Å². The fourth-order valence-electron chi connectivity index (χ4n) is 2.56. The molecule has 4 N–H and O–H groups in total. The second-order valence-electron chi connectivity index (χ2n) is 5.34. The van der Waals surface area contributed by atoms with Crippen molar-refractivity contribution in [1.29, 1.82) is 5.26 Å². The molecule has 1 aromatic heterocycles. The van der Waals surface area contributed by atoms with Crippen LogP contribution in [0.3, 0.4) is 0 Å². The molecule has 120 valence electrons. The standard InChI is InChI=1S/C17H22N6/c1-3-9-23(10-4-2)13-7-5-12(6-8-13)15-14(11-18)16(19)22-17(20)21-15/h5-8H,3-4,9-10H2,1-2H3,(H4,19,20,21,22). The van der Waals surface area contributed by atoms with Crippen LogP contribution in [-0.2, 0) is 0 Å². The quantitative estimate of drug-likeness (QED) is 0.850. The molecule has 0 unspecified atom stereocenters. The molecular weight excluding hydrogens is 288 g/mol. The molecule has 0 saturated heterocycles. The van der Waals surface area contributed by atoms with E-state index in [1.165, 1.54) is 0 Å². The van der Waals surface area contributed by atoms with Gasteiger partial charge in [0.15, 0.2) is 0 Å². The molecule has 0 radical (unpaired) electrons. The topological polar surface area (TPSA) is 105 Å². The van der Waals surface area contributed by atoms with Gasteiger partial charge in [-0.25, -0.2) is 4.98 Å². The molecule has 0 aliphatic heterocycles. The SMILES string of the molecule is CCCN(CCC)c1ccc(-c2nc(N)nc(N)c2C#N)cc1. The Bertz CT molecular complexity index is 696. The molecule has 0 aliphatic rings. The number of nitrogens with two attached hydrogens (primary N) is 2. The van der Waals surface area contributed by atoms with Crippen LogP contribution in [0.15, 0.2) is 24.3 Å². The number of hydrogen-bond acceptors (Lipinski definition) is 6. The van der Waals surface area contributed by atoms with Gasteiger partial charge in [0.2, 0.25) is 5.95 Å². The van der Waals surface area contributed by atoms with Crippen molar-refractivity contribution in [2.24, 2.45) is 0 Å². The van der Waals surface area contributed by atoms with Crippen molar-refractivity contribution in [3.05, 3.63) is 29.8 Å². The molecule has 0 spiro atoms. The molecule has 0 atom stereocenters. The number of rotatable bonds is 6. The first-order valence-electron chi connectivity index (χ1n) is 7.79. The monoisotopic (exact) mass is 310 g/mol. The fraction of sp³-hybridized carbons (Fsp3) is 0.353. The van der Waals surface area contributed by atoms with E-state index in [0.29, 0.717) is 5.69 Å². The van der Waals surface area contributed by atoms with E-state index in [2.05, 4.69) is 34.8 Å². The van der Waals surface area contributed by atoms with Gasteiger partial charge in [-0.2, -0.15) is 10.2 Å². The first-order chi connectivity index (χ1) is 11.1. The molecule has 6 nitrogen and oxygen atoms in total. The lowest BCUT2D eigenvalue weighted by Crippen LogP contribution is -2.24. The number of aromatic nitrogens is 2. The maximum Gasteiger partial charge on any atom is 0.222 e. The van der Waals surface area contributed by atoms with Gasteiger partial charge in [-0.05, 0) is 25.0 Å². The molecule has 23 heavy (non-hydrogen) atoms. The van der Waals surface area contributed by atoms with Crippen LogP contribution in [0.4, 0.5) is 17.5 Å². The Hall–Kier alpha value is -2.81. The van der Waals surface area contributed by atoms with Crippen molar-refractivity contribution in [3.63, 3.8) is 0 Å². The van der Waals surface area contributed by atoms with E-state index >= 15 is 0 Å². The second-order valence-corrected chi connectivity index (χ2v) is 5.34. The summed E-state index contributed by atoms with van der Waals surface area (Å²) >= 11 is 0. The maximum atomic E-state index is 9.28. The lowest BCUT2D eigenvalue weighted by atomic mass is 10.1. The molecule has 0 saturated carbocycles. The van der Waals surface area contributed by atoms with Gasteiger partial charge in [0, 0.05) is 24.3 Å².